The van der Waals surface area contributed by atoms with E-state index in [1.54, 1.807) is 0 Å². The molecule has 1 amide bonds. The Balaban J connectivity index is 1.33. The fourth-order valence-corrected chi connectivity index (χ4v) is 8.83. The van der Waals surface area contributed by atoms with Gasteiger partial charge < -0.3 is 5.32 Å². The average Bonchev–Trinajstić information content (AvgIpc) is 3.35. The molecule has 1 aromatic rings. The standard InChI is InChI=1S/C23H29F3N2O3S/c24-23(25,26)18-4-3-6-20(12-18)32(30,31)28-9-2-1-5-19(28)14-27-21(29)22-13-15-10-16(22)7-8-17(22)11-15/h3-4,6,12,15-17,19H,1-2,5,7-11,13-14H2,(H,27,29)/t15?,16-,17+,19?,22?. The van der Waals surface area contributed by atoms with E-state index in [9.17, 15) is 26.4 Å². The lowest BCUT2D eigenvalue weighted by molar-refractivity contribution is -0.137. The summed E-state index contributed by atoms with van der Waals surface area (Å²) in [4.78, 5) is 13.0. The van der Waals surface area contributed by atoms with E-state index < -0.39 is 27.8 Å². The van der Waals surface area contributed by atoms with Crippen LogP contribution in [0.2, 0.25) is 0 Å². The molecule has 0 aromatic heterocycles. The summed E-state index contributed by atoms with van der Waals surface area (Å²) in [5.74, 6) is 1.60. The molecule has 2 bridgehead atoms. The molecular weight excluding hydrogens is 441 g/mol. The van der Waals surface area contributed by atoms with Crippen LogP contribution in [0.3, 0.4) is 0 Å². The van der Waals surface area contributed by atoms with E-state index in [0.29, 0.717) is 36.7 Å². The van der Waals surface area contributed by atoms with Crippen LogP contribution in [0, 0.1) is 23.2 Å². The summed E-state index contributed by atoms with van der Waals surface area (Å²) in [5.41, 5.74) is -1.25. The van der Waals surface area contributed by atoms with E-state index in [1.165, 1.54) is 10.4 Å². The Bertz CT molecular complexity index is 996. The average molecular weight is 471 g/mol. The van der Waals surface area contributed by atoms with Crippen LogP contribution in [-0.4, -0.2) is 37.8 Å². The van der Waals surface area contributed by atoms with Crippen molar-refractivity contribution in [2.75, 3.05) is 13.1 Å². The number of carbonyl (C=O) groups is 1. The van der Waals surface area contributed by atoms with Crippen molar-refractivity contribution in [2.24, 2.45) is 23.2 Å². The molecule has 0 spiro atoms. The van der Waals surface area contributed by atoms with Gasteiger partial charge in [-0.1, -0.05) is 12.5 Å². The van der Waals surface area contributed by atoms with Crippen molar-refractivity contribution in [3.8, 4) is 0 Å². The predicted octanol–water partition coefficient (Wildman–Crippen LogP) is 4.19. The number of halogens is 3. The summed E-state index contributed by atoms with van der Waals surface area (Å²) in [6.45, 7) is 0.459. The number of rotatable bonds is 5. The van der Waals surface area contributed by atoms with E-state index in [4.69, 9.17) is 0 Å². The summed E-state index contributed by atoms with van der Waals surface area (Å²) in [7, 11) is -4.10. The van der Waals surface area contributed by atoms with E-state index >= 15 is 0 Å². The quantitative estimate of drug-likeness (QED) is 0.702. The van der Waals surface area contributed by atoms with Crippen LogP contribution in [0.1, 0.15) is 56.9 Å². The number of sulfonamides is 1. The molecule has 1 heterocycles. The first-order valence-corrected chi connectivity index (χ1v) is 13.0. The lowest BCUT2D eigenvalue weighted by Gasteiger charge is -2.37. The number of nitrogens with one attached hydrogen (secondary N) is 1. The van der Waals surface area contributed by atoms with Crippen LogP contribution < -0.4 is 5.32 Å². The van der Waals surface area contributed by atoms with Crippen LogP contribution in [0.15, 0.2) is 29.2 Å². The molecule has 176 valence electrons. The molecular formula is C23H29F3N2O3S. The van der Waals surface area contributed by atoms with Crippen molar-refractivity contribution in [1.29, 1.82) is 0 Å². The van der Waals surface area contributed by atoms with Crippen molar-refractivity contribution >= 4 is 15.9 Å². The Morgan fingerprint density at radius 3 is 2.53 bits per heavy atom. The number of nitrogens with zero attached hydrogens (tertiary/aromatic N) is 1. The minimum atomic E-state index is -4.61. The van der Waals surface area contributed by atoms with Gasteiger partial charge in [-0.3, -0.25) is 4.79 Å². The van der Waals surface area contributed by atoms with Gasteiger partial charge in [0.1, 0.15) is 0 Å². The second-order valence-electron chi connectivity index (χ2n) is 10.1. The highest BCUT2D eigenvalue weighted by molar-refractivity contribution is 7.89. The fraction of sp³-hybridized carbons (Fsp3) is 0.696. The van der Waals surface area contributed by atoms with Gasteiger partial charge in [0.25, 0.3) is 0 Å². The second-order valence-corrected chi connectivity index (χ2v) is 11.9. The summed E-state index contributed by atoms with van der Waals surface area (Å²) < 4.78 is 67.2. The molecule has 32 heavy (non-hydrogen) atoms. The van der Waals surface area contributed by atoms with Gasteiger partial charge in [0.15, 0.2) is 0 Å². The predicted molar refractivity (Wildman–Crippen MR) is 112 cm³/mol. The number of fused-ring (bicyclic) bond motifs is 1. The van der Waals surface area contributed by atoms with E-state index in [1.807, 2.05) is 0 Å². The first kappa shape index (κ1) is 22.2. The monoisotopic (exact) mass is 470 g/mol. The number of piperidine rings is 1. The van der Waals surface area contributed by atoms with Crippen LogP contribution in [0.4, 0.5) is 13.2 Å². The Morgan fingerprint density at radius 1 is 1.12 bits per heavy atom. The smallest absolute Gasteiger partial charge is 0.354 e. The molecule has 3 saturated carbocycles. The third-order valence-corrected chi connectivity index (χ3v) is 10.4. The minimum absolute atomic E-state index is 0.0620. The molecule has 1 saturated heterocycles. The van der Waals surface area contributed by atoms with Gasteiger partial charge in [0, 0.05) is 19.1 Å². The molecule has 5 nitrogen and oxygen atoms in total. The van der Waals surface area contributed by atoms with Crippen molar-refractivity contribution in [3.63, 3.8) is 0 Å². The van der Waals surface area contributed by atoms with Crippen molar-refractivity contribution in [1.82, 2.24) is 9.62 Å². The van der Waals surface area contributed by atoms with Gasteiger partial charge in [-0.05, 0) is 80.9 Å². The molecule has 3 unspecified atom stereocenters. The Hall–Kier alpha value is -1.61. The molecule has 1 aliphatic heterocycles. The minimum Gasteiger partial charge on any atom is -0.354 e. The van der Waals surface area contributed by atoms with Gasteiger partial charge in [-0.2, -0.15) is 17.5 Å². The van der Waals surface area contributed by atoms with Crippen LogP contribution >= 0.6 is 0 Å². The number of carbonyl (C=O) groups excluding carboxylic acids is 1. The van der Waals surface area contributed by atoms with E-state index in [0.717, 1.165) is 50.7 Å². The van der Waals surface area contributed by atoms with Gasteiger partial charge in [-0.25, -0.2) is 8.42 Å². The van der Waals surface area contributed by atoms with Crippen LogP contribution in [0.5, 0.6) is 0 Å². The summed E-state index contributed by atoms with van der Waals surface area (Å²) >= 11 is 0. The number of alkyl halides is 3. The SMILES string of the molecule is O=C(NCC1CCCCN1S(=O)(=O)c1cccc(C(F)(F)F)c1)C12CC3C[C@H]1CC[C@H]2C3. The highest BCUT2D eigenvalue weighted by Gasteiger charge is 2.64. The zero-order chi connectivity index (χ0) is 22.7. The summed E-state index contributed by atoms with van der Waals surface area (Å²) in [6.07, 6.45) is 2.87. The van der Waals surface area contributed by atoms with Gasteiger partial charge in [-0.15, -0.1) is 0 Å². The number of amides is 1. The van der Waals surface area contributed by atoms with Crippen molar-refractivity contribution in [2.45, 2.75) is 68.5 Å². The molecule has 4 aliphatic rings. The van der Waals surface area contributed by atoms with Gasteiger partial charge >= 0.3 is 6.18 Å². The highest BCUT2D eigenvalue weighted by Crippen LogP contribution is 2.67. The lowest BCUT2D eigenvalue weighted by atomic mass is 9.73. The van der Waals surface area contributed by atoms with Crippen LogP contribution in [0.25, 0.3) is 0 Å². The second kappa shape index (κ2) is 7.72. The Kier molecular flexibility index (Phi) is 5.36. The van der Waals surface area contributed by atoms with Crippen molar-refractivity contribution in [3.05, 3.63) is 29.8 Å². The van der Waals surface area contributed by atoms with Gasteiger partial charge in [0.2, 0.25) is 15.9 Å². The molecule has 5 atom stereocenters. The molecule has 4 fully saturated rings. The molecule has 0 radical (unpaired) electrons. The maximum Gasteiger partial charge on any atom is 0.416 e. The molecule has 9 heteroatoms. The zero-order valence-corrected chi connectivity index (χ0v) is 18.7. The maximum atomic E-state index is 13.3. The Labute approximate surface area is 186 Å². The number of benzene rings is 1. The fourth-order valence-electron chi connectivity index (χ4n) is 7.09. The molecule has 5 rings (SSSR count). The summed E-state index contributed by atoms with van der Waals surface area (Å²) in [5, 5.41) is 3.08. The van der Waals surface area contributed by atoms with E-state index in [-0.39, 0.29) is 29.3 Å². The first-order valence-electron chi connectivity index (χ1n) is 11.6. The topological polar surface area (TPSA) is 66.5 Å². The Morgan fingerprint density at radius 2 is 1.84 bits per heavy atom. The third-order valence-electron chi connectivity index (χ3n) is 8.44. The number of hydrogen-bond acceptors (Lipinski definition) is 3. The highest BCUT2D eigenvalue weighted by atomic mass is 32.2. The van der Waals surface area contributed by atoms with Crippen molar-refractivity contribution < 1.29 is 26.4 Å². The largest absolute Gasteiger partial charge is 0.416 e. The molecule has 1 N–H and O–H groups in total. The van der Waals surface area contributed by atoms with Gasteiger partial charge in [0.05, 0.1) is 15.9 Å². The first-order chi connectivity index (χ1) is 15.1. The van der Waals surface area contributed by atoms with E-state index in [2.05, 4.69) is 5.32 Å². The number of hydrogen-bond donors (Lipinski definition) is 1. The molecule has 1 aromatic carbocycles. The maximum absolute atomic E-state index is 13.3. The molecule has 3 aliphatic carbocycles. The summed E-state index contributed by atoms with van der Waals surface area (Å²) in [6, 6.07) is 3.47. The van der Waals surface area contributed by atoms with Crippen LogP contribution in [-0.2, 0) is 21.0 Å². The third kappa shape index (κ3) is 3.47. The zero-order valence-electron chi connectivity index (χ0n) is 17.9. The lowest BCUT2D eigenvalue weighted by Crippen LogP contribution is -2.52. The normalized spacial score (nSPS) is 34.7.